The number of benzene rings is 2. The number of anilines is 2. The normalized spacial score (nSPS) is 11.0. The number of hydrogen-bond acceptors (Lipinski definition) is 4. The average molecular weight is 444 g/mol. The van der Waals surface area contributed by atoms with Crippen molar-refractivity contribution >= 4 is 28.4 Å². The summed E-state index contributed by atoms with van der Waals surface area (Å²) in [6, 6.07) is 17.2. The van der Waals surface area contributed by atoms with E-state index in [1.807, 2.05) is 6.07 Å². The second-order valence-electron chi connectivity index (χ2n) is 7.38. The molecule has 33 heavy (non-hydrogen) atoms. The van der Waals surface area contributed by atoms with Crippen molar-refractivity contribution in [3.8, 4) is 11.5 Å². The first kappa shape index (κ1) is 20.4. The molecule has 0 radical (unpaired) electrons. The molecule has 6 nitrogen and oxygen atoms in total. The molecule has 0 saturated heterocycles. The minimum atomic E-state index is -0.559. The zero-order valence-corrected chi connectivity index (χ0v) is 17.3. The number of hydrogen-bond donors (Lipinski definition) is 2. The maximum absolute atomic E-state index is 14.8. The SMILES string of the molecule is O=C(Cc1ccc(F)cc1)n1cccc1Nc1ccc(Oc2ccnc3[nH]ccc23)c(F)c1. The van der Waals surface area contributed by atoms with Gasteiger partial charge in [0, 0.05) is 30.3 Å². The van der Waals surface area contributed by atoms with Gasteiger partial charge in [0.25, 0.3) is 0 Å². The van der Waals surface area contributed by atoms with Crippen molar-refractivity contribution in [3.63, 3.8) is 0 Å². The molecule has 0 atom stereocenters. The number of nitrogens with one attached hydrogen (secondary N) is 2. The molecular formula is C25H18F2N4O2. The molecule has 0 aliphatic rings. The van der Waals surface area contributed by atoms with Gasteiger partial charge >= 0.3 is 0 Å². The van der Waals surface area contributed by atoms with Gasteiger partial charge in [-0.2, -0.15) is 0 Å². The van der Waals surface area contributed by atoms with Crippen LogP contribution in [0.1, 0.15) is 10.4 Å². The van der Waals surface area contributed by atoms with Crippen molar-refractivity contribution in [1.29, 1.82) is 0 Å². The standard InChI is InChI=1S/C25H18F2N4O2/c26-17-5-3-16(4-6-17)14-24(32)31-13-1-2-23(31)30-18-7-8-22(20(27)15-18)33-21-10-12-29-25-19(21)9-11-28-25/h1-13,15,30H,14H2,(H,28,29). The summed E-state index contributed by atoms with van der Waals surface area (Å²) >= 11 is 0. The van der Waals surface area contributed by atoms with E-state index in [1.54, 1.807) is 55.0 Å². The van der Waals surface area contributed by atoms with Crippen molar-refractivity contribution in [2.45, 2.75) is 6.42 Å². The Morgan fingerprint density at radius 2 is 1.88 bits per heavy atom. The van der Waals surface area contributed by atoms with Crippen molar-refractivity contribution in [1.82, 2.24) is 14.5 Å². The second kappa shape index (κ2) is 8.58. The van der Waals surface area contributed by atoms with Crippen LogP contribution in [0, 0.1) is 11.6 Å². The van der Waals surface area contributed by atoms with Crippen molar-refractivity contribution < 1.29 is 18.3 Å². The number of carbonyl (C=O) groups excluding carboxylic acids is 1. The molecule has 8 heteroatoms. The van der Waals surface area contributed by atoms with Crippen molar-refractivity contribution in [2.24, 2.45) is 0 Å². The van der Waals surface area contributed by atoms with Crippen LogP contribution in [0.15, 0.2) is 85.3 Å². The summed E-state index contributed by atoms with van der Waals surface area (Å²) in [4.78, 5) is 19.9. The number of fused-ring (bicyclic) bond motifs is 1. The van der Waals surface area contributed by atoms with Gasteiger partial charge in [-0.25, -0.2) is 13.8 Å². The second-order valence-corrected chi connectivity index (χ2v) is 7.38. The number of ether oxygens (including phenoxy) is 1. The number of H-pyrrole nitrogens is 1. The molecule has 0 unspecified atom stereocenters. The topological polar surface area (TPSA) is 71.9 Å². The maximum Gasteiger partial charge on any atom is 0.236 e. The molecular weight excluding hydrogens is 426 g/mol. The lowest BCUT2D eigenvalue weighted by Gasteiger charge is -2.12. The lowest BCUT2D eigenvalue weighted by atomic mass is 10.1. The third-order valence-electron chi connectivity index (χ3n) is 5.13. The van der Waals surface area contributed by atoms with E-state index in [2.05, 4.69) is 15.3 Å². The molecule has 3 heterocycles. The number of aromatic nitrogens is 3. The largest absolute Gasteiger partial charge is 0.453 e. The number of nitrogens with zero attached hydrogens (tertiary/aromatic N) is 2. The van der Waals surface area contributed by atoms with Gasteiger partial charge < -0.3 is 15.0 Å². The van der Waals surface area contributed by atoms with E-state index in [0.29, 0.717) is 28.5 Å². The first-order valence-electron chi connectivity index (χ1n) is 10.2. The molecule has 0 amide bonds. The minimum absolute atomic E-state index is 0.0667. The Hall–Kier alpha value is -4.46. The van der Waals surface area contributed by atoms with E-state index in [0.717, 1.165) is 5.39 Å². The van der Waals surface area contributed by atoms with Gasteiger partial charge in [0.15, 0.2) is 11.6 Å². The first-order valence-corrected chi connectivity index (χ1v) is 10.2. The van der Waals surface area contributed by atoms with E-state index >= 15 is 0 Å². The summed E-state index contributed by atoms with van der Waals surface area (Å²) in [6.45, 7) is 0. The van der Waals surface area contributed by atoms with E-state index < -0.39 is 5.82 Å². The predicted molar refractivity (Wildman–Crippen MR) is 121 cm³/mol. The highest BCUT2D eigenvalue weighted by Gasteiger charge is 2.13. The predicted octanol–water partition coefficient (Wildman–Crippen LogP) is 6.06. The van der Waals surface area contributed by atoms with E-state index in [-0.39, 0.29) is 23.9 Å². The summed E-state index contributed by atoms with van der Waals surface area (Å²) in [5.74, 6) is -0.0825. The summed E-state index contributed by atoms with van der Waals surface area (Å²) in [7, 11) is 0. The number of carbonyl (C=O) groups is 1. The van der Waals surface area contributed by atoms with Crippen LogP contribution in [0.25, 0.3) is 11.0 Å². The van der Waals surface area contributed by atoms with E-state index in [9.17, 15) is 13.6 Å². The highest BCUT2D eigenvalue weighted by Crippen LogP contribution is 2.31. The average Bonchev–Trinajstić information content (AvgIpc) is 3.47. The van der Waals surface area contributed by atoms with Gasteiger partial charge in [-0.3, -0.25) is 9.36 Å². The third kappa shape index (κ3) is 4.31. The van der Waals surface area contributed by atoms with Gasteiger partial charge in [-0.15, -0.1) is 0 Å². The Labute approximate surface area is 187 Å². The Morgan fingerprint density at radius 3 is 2.70 bits per heavy atom. The van der Waals surface area contributed by atoms with Gasteiger partial charge in [-0.1, -0.05) is 12.1 Å². The quantitative estimate of drug-likeness (QED) is 0.334. The molecule has 0 fully saturated rings. The van der Waals surface area contributed by atoms with Crippen LogP contribution in [-0.2, 0) is 6.42 Å². The summed E-state index contributed by atoms with van der Waals surface area (Å²) in [5.41, 5.74) is 1.80. The molecule has 2 aromatic carbocycles. The Bertz CT molecular complexity index is 1440. The molecule has 5 aromatic rings. The van der Waals surface area contributed by atoms with Crippen LogP contribution >= 0.6 is 0 Å². The molecule has 164 valence electrons. The van der Waals surface area contributed by atoms with Gasteiger partial charge in [0.2, 0.25) is 5.91 Å². The fourth-order valence-corrected chi connectivity index (χ4v) is 3.51. The number of aromatic amines is 1. The molecule has 0 saturated carbocycles. The molecule has 0 aliphatic carbocycles. The molecule has 0 aliphatic heterocycles. The molecule has 3 aromatic heterocycles. The van der Waals surface area contributed by atoms with Crippen LogP contribution in [0.4, 0.5) is 20.3 Å². The zero-order chi connectivity index (χ0) is 22.8. The smallest absolute Gasteiger partial charge is 0.236 e. The van der Waals surface area contributed by atoms with Gasteiger partial charge in [-0.05, 0) is 54.1 Å². The maximum atomic E-state index is 14.8. The summed E-state index contributed by atoms with van der Waals surface area (Å²) < 4.78 is 35.1. The molecule has 0 spiro atoms. The summed E-state index contributed by atoms with van der Waals surface area (Å²) in [6.07, 6.45) is 5.04. The van der Waals surface area contributed by atoms with Crippen molar-refractivity contribution in [3.05, 3.63) is 103 Å². The van der Waals surface area contributed by atoms with Crippen molar-refractivity contribution in [2.75, 3.05) is 5.32 Å². The number of pyridine rings is 1. The fourth-order valence-electron chi connectivity index (χ4n) is 3.51. The van der Waals surface area contributed by atoms with Crippen LogP contribution in [-0.4, -0.2) is 20.4 Å². The Balaban J connectivity index is 1.32. The summed E-state index contributed by atoms with van der Waals surface area (Å²) in [5, 5.41) is 3.80. The number of halogens is 2. The van der Waals surface area contributed by atoms with Crippen LogP contribution in [0.5, 0.6) is 11.5 Å². The van der Waals surface area contributed by atoms with Crippen LogP contribution in [0.3, 0.4) is 0 Å². The molecule has 2 N–H and O–H groups in total. The van der Waals surface area contributed by atoms with E-state index in [1.165, 1.54) is 28.8 Å². The Morgan fingerprint density at radius 1 is 1.03 bits per heavy atom. The van der Waals surface area contributed by atoms with Gasteiger partial charge in [0.1, 0.15) is 23.0 Å². The number of rotatable bonds is 6. The highest BCUT2D eigenvalue weighted by atomic mass is 19.1. The minimum Gasteiger partial charge on any atom is -0.453 e. The lowest BCUT2D eigenvalue weighted by molar-refractivity contribution is 0.0917. The Kier molecular flexibility index (Phi) is 5.32. The van der Waals surface area contributed by atoms with Crippen LogP contribution < -0.4 is 10.1 Å². The van der Waals surface area contributed by atoms with Gasteiger partial charge in [0.05, 0.1) is 11.8 Å². The third-order valence-corrected chi connectivity index (χ3v) is 5.13. The first-order chi connectivity index (χ1) is 16.1. The van der Waals surface area contributed by atoms with Crippen LogP contribution in [0.2, 0.25) is 0 Å². The van der Waals surface area contributed by atoms with E-state index in [4.69, 9.17) is 4.74 Å². The monoisotopic (exact) mass is 444 g/mol. The molecule has 5 rings (SSSR count). The highest BCUT2D eigenvalue weighted by molar-refractivity contribution is 5.85. The fraction of sp³-hybridized carbons (Fsp3) is 0.0400. The molecule has 0 bridgehead atoms. The lowest BCUT2D eigenvalue weighted by Crippen LogP contribution is -2.14. The zero-order valence-electron chi connectivity index (χ0n) is 17.3.